The summed E-state index contributed by atoms with van der Waals surface area (Å²) >= 11 is 0. The third-order valence-corrected chi connectivity index (χ3v) is 4.34. The van der Waals surface area contributed by atoms with E-state index in [1.165, 1.54) is 25.7 Å². The summed E-state index contributed by atoms with van der Waals surface area (Å²) < 4.78 is 14.4. The van der Waals surface area contributed by atoms with Crippen LogP contribution in [0.2, 0.25) is 0 Å². The van der Waals surface area contributed by atoms with Gasteiger partial charge in [-0.15, -0.1) is 0 Å². The van der Waals surface area contributed by atoms with Crippen LogP contribution in [0.5, 0.6) is 0 Å². The van der Waals surface area contributed by atoms with E-state index in [1.807, 2.05) is 13.1 Å². The van der Waals surface area contributed by atoms with Crippen molar-refractivity contribution < 1.29 is 4.39 Å². The molecule has 1 aromatic rings. The fourth-order valence-electron chi connectivity index (χ4n) is 2.73. The molecule has 0 saturated heterocycles. The van der Waals surface area contributed by atoms with Gasteiger partial charge in [-0.2, -0.15) is 0 Å². The molecule has 3 rings (SSSR count). The molecule has 0 heterocycles. The highest BCUT2D eigenvalue weighted by atomic mass is 19.1. The van der Waals surface area contributed by atoms with E-state index >= 15 is 0 Å². The third-order valence-electron chi connectivity index (χ3n) is 4.34. The molecular formula is C16H23FN2. The van der Waals surface area contributed by atoms with Crippen LogP contribution >= 0.6 is 0 Å². The van der Waals surface area contributed by atoms with Crippen molar-refractivity contribution in [1.82, 2.24) is 5.32 Å². The molecule has 1 unspecified atom stereocenters. The number of hydrogen-bond donors (Lipinski definition) is 1. The Bertz CT molecular complexity index is 452. The zero-order valence-electron chi connectivity index (χ0n) is 11.8. The number of para-hydroxylation sites is 1. The molecule has 0 aromatic heterocycles. The van der Waals surface area contributed by atoms with Crippen molar-refractivity contribution in [3.63, 3.8) is 0 Å². The molecule has 0 aliphatic heterocycles. The van der Waals surface area contributed by atoms with Crippen molar-refractivity contribution in [2.75, 3.05) is 18.5 Å². The minimum absolute atomic E-state index is 0.0628. The van der Waals surface area contributed by atoms with E-state index in [0.29, 0.717) is 6.04 Å². The summed E-state index contributed by atoms with van der Waals surface area (Å²) in [6, 6.07) is 6.24. The summed E-state index contributed by atoms with van der Waals surface area (Å²) in [5.74, 6) is 0.727. The smallest absolute Gasteiger partial charge is 0.146 e. The van der Waals surface area contributed by atoms with Crippen LogP contribution < -0.4 is 10.2 Å². The zero-order valence-corrected chi connectivity index (χ0v) is 11.8. The van der Waals surface area contributed by atoms with Crippen molar-refractivity contribution in [2.24, 2.45) is 5.92 Å². The van der Waals surface area contributed by atoms with E-state index in [-0.39, 0.29) is 11.9 Å². The minimum atomic E-state index is -0.0628. The summed E-state index contributed by atoms with van der Waals surface area (Å²) in [5, 5.41) is 3.24. The molecule has 2 aliphatic carbocycles. The summed E-state index contributed by atoms with van der Waals surface area (Å²) in [6.45, 7) is 3.13. The Hall–Kier alpha value is -1.09. The van der Waals surface area contributed by atoms with Crippen molar-refractivity contribution >= 4 is 5.69 Å². The molecule has 2 aliphatic rings. The summed E-state index contributed by atoms with van der Waals surface area (Å²) in [6.07, 6.45) is 5.06. The van der Waals surface area contributed by atoms with Crippen LogP contribution in [0.15, 0.2) is 18.2 Å². The van der Waals surface area contributed by atoms with Crippen molar-refractivity contribution in [2.45, 2.75) is 44.7 Å². The first-order valence-corrected chi connectivity index (χ1v) is 7.43. The van der Waals surface area contributed by atoms with Gasteiger partial charge in [0.05, 0.1) is 5.69 Å². The Morgan fingerprint density at radius 3 is 2.63 bits per heavy atom. The molecule has 0 spiro atoms. The fourth-order valence-corrected chi connectivity index (χ4v) is 2.73. The third kappa shape index (κ3) is 2.76. The first-order valence-electron chi connectivity index (χ1n) is 7.43. The SMILES string of the molecule is CNC(C)c1cccc(F)c1N(CC1CC1)C1CC1. The number of nitrogens with one attached hydrogen (secondary N) is 1. The van der Waals surface area contributed by atoms with Crippen LogP contribution in [-0.4, -0.2) is 19.6 Å². The molecule has 2 fully saturated rings. The number of rotatable bonds is 6. The quantitative estimate of drug-likeness (QED) is 0.844. The molecule has 0 radical (unpaired) electrons. The van der Waals surface area contributed by atoms with E-state index in [9.17, 15) is 4.39 Å². The Morgan fingerprint density at radius 1 is 1.32 bits per heavy atom. The van der Waals surface area contributed by atoms with Gasteiger partial charge in [-0.3, -0.25) is 0 Å². The van der Waals surface area contributed by atoms with Crippen molar-refractivity contribution in [1.29, 1.82) is 0 Å². The molecular weight excluding hydrogens is 239 g/mol. The average molecular weight is 262 g/mol. The van der Waals surface area contributed by atoms with Gasteiger partial charge in [-0.1, -0.05) is 12.1 Å². The van der Waals surface area contributed by atoms with Crippen LogP contribution in [0, 0.1) is 11.7 Å². The van der Waals surface area contributed by atoms with Crippen LogP contribution in [-0.2, 0) is 0 Å². The maximum atomic E-state index is 14.4. The fraction of sp³-hybridized carbons (Fsp3) is 0.625. The molecule has 19 heavy (non-hydrogen) atoms. The highest BCUT2D eigenvalue weighted by Gasteiger charge is 2.36. The Labute approximate surface area is 115 Å². The second kappa shape index (κ2) is 5.12. The molecule has 1 atom stereocenters. The summed E-state index contributed by atoms with van der Waals surface area (Å²) in [5.41, 5.74) is 1.94. The van der Waals surface area contributed by atoms with E-state index in [4.69, 9.17) is 0 Å². The molecule has 0 bridgehead atoms. The average Bonchev–Trinajstić information content (AvgIpc) is 3.27. The lowest BCUT2D eigenvalue weighted by Gasteiger charge is -2.29. The van der Waals surface area contributed by atoms with Gasteiger partial charge in [0.15, 0.2) is 0 Å². The van der Waals surface area contributed by atoms with E-state index in [2.05, 4.69) is 23.2 Å². The number of halogens is 1. The van der Waals surface area contributed by atoms with Gasteiger partial charge in [0.25, 0.3) is 0 Å². The van der Waals surface area contributed by atoms with Crippen molar-refractivity contribution in [3.05, 3.63) is 29.6 Å². The Morgan fingerprint density at radius 2 is 2.05 bits per heavy atom. The highest BCUT2D eigenvalue weighted by molar-refractivity contribution is 5.58. The van der Waals surface area contributed by atoms with Crippen molar-refractivity contribution in [3.8, 4) is 0 Å². The van der Waals surface area contributed by atoms with Crippen LogP contribution in [0.1, 0.15) is 44.2 Å². The Balaban J connectivity index is 1.95. The monoisotopic (exact) mass is 262 g/mol. The maximum absolute atomic E-state index is 14.4. The van der Waals surface area contributed by atoms with Crippen LogP contribution in [0.4, 0.5) is 10.1 Å². The largest absolute Gasteiger partial charge is 0.366 e. The normalized spacial score (nSPS) is 20.4. The van der Waals surface area contributed by atoms with Gasteiger partial charge in [0, 0.05) is 18.6 Å². The maximum Gasteiger partial charge on any atom is 0.146 e. The molecule has 2 nitrogen and oxygen atoms in total. The minimum Gasteiger partial charge on any atom is -0.366 e. The predicted molar refractivity (Wildman–Crippen MR) is 77.0 cm³/mol. The second-order valence-corrected chi connectivity index (χ2v) is 6.01. The van der Waals surface area contributed by atoms with Gasteiger partial charge in [0.1, 0.15) is 5.82 Å². The first-order chi connectivity index (χ1) is 9.20. The molecule has 3 heteroatoms. The molecule has 1 N–H and O–H groups in total. The lowest BCUT2D eigenvalue weighted by Crippen LogP contribution is -2.31. The topological polar surface area (TPSA) is 15.3 Å². The number of hydrogen-bond acceptors (Lipinski definition) is 2. The first kappa shape index (κ1) is 12.9. The van der Waals surface area contributed by atoms with E-state index in [0.717, 1.165) is 23.7 Å². The van der Waals surface area contributed by atoms with Gasteiger partial charge >= 0.3 is 0 Å². The lowest BCUT2D eigenvalue weighted by atomic mass is 10.0. The Kier molecular flexibility index (Phi) is 3.48. The lowest BCUT2D eigenvalue weighted by molar-refractivity contribution is 0.589. The van der Waals surface area contributed by atoms with Gasteiger partial charge in [-0.25, -0.2) is 4.39 Å². The van der Waals surface area contributed by atoms with Gasteiger partial charge in [0.2, 0.25) is 0 Å². The van der Waals surface area contributed by atoms with E-state index in [1.54, 1.807) is 6.07 Å². The van der Waals surface area contributed by atoms with Crippen LogP contribution in [0.3, 0.4) is 0 Å². The number of benzene rings is 1. The number of nitrogens with zero attached hydrogens (tertiary/aromatic N) is 1. The number of anilines is 1. The van der Waals surface area contributed by atoms with Gasteiger partial charge < -0.3 is 10.2 Å². The second-order valence-electron chi connectivity index (χ2n) is 6.01. The van der Waals surface area contributed by atoms with Gasteiger partial charge in [-0.05, 0) is 57.2 Å². The summed E-state index contributed by atoms with van der Waals surface area (Å²) in [7, 11) is 1.93. The molecule has 1 aromatic carbocycles. The van der Waals surface area contributed by atoms with E-state index < -0.39 is 0 Å². The standard InChI is InChI=1S/C16H23FN2/c1-11(18-2)14-4-3-5-15(17)16(14)19(13-8-9-13)10-12-6-7-12/h3-5,11-13,18H,6-10H2,1-2H3. The highest BCUT2D eigenvalue weighted by Crippen LogP contribution is 2.41. The molecule has 104 valence electrons. The van der Waals surface area contributed by atoms with Crippen LogP contribution in [0.25, 0.3) is 0 Å². The molecule has 2 saturated carbocycles. The predicted octanol–water partition coefficient (Wildman–Crippen LogP) is 3.48. The molecule has 0 amide bonds. The zero-order chi connectivity index (χ0) is 13.4. The summed E-state index contributed by atoms with van der Waals surface area (Å²) in [4.78, 5) is 2.34.